The lowest BCUT2D eigenvalue weighted by Gasteiger charge is -2.17. The summed E-state index contributed by atoms with van der Waals surface area (Å²) in [5.74, 6) is -1.16. The monoisotopic (exact) mass is 323 g/mol. The van der Waals surface area contributed by atoms with E-state index < -0.39 is 5.92 Å². The highest BCUT2D eigenvalue weighted by Gasteiger charge is 2.23. The van der Waals surface area contributed by atoms with Crippen LogP contribution in [-0.4, -0.2) is 25.0 Å². The Labute approximate surface area is 142 Å². The third-order valence-corrected chi connectivity index (χ3v) is 3.61. The number of hydrogen-bond acceptors (Lipinski definition) is 3. The van der Waals surface area contributed by atoms with Gasteiger partial charge in [-0.3, -0.25) is 9.59 Å². The van der Waals surface area contributed by atoms with E-state index in [0.29, 0.717) is 5.56 Å². The van der Waals surface area contributed by atoms with E-state index in [-0.39, 0.29) is 25.0 Å². The molecule has 0 saturated carbocycles. The summed E-state index contributed by atoms with van der Waals surface area (Å²) >= 11 is 0. The molecule has 4 heteroatoms. The summed E-state index contributed by atoms with van der Waals surface area (Å²) in [6.45, 7) is 5.84. The van der Waals surface area contributed by atoms with Gasteiger partial charge in [-0.1, -0.05) is 60.7 Å². The summed E-state index contributed by atoms with van der Waals surface area (Å²) in [4.78, 5) is 24.5. The Hall–Kier alpha value is -2.88. The van der Waals surface area contributed by atoms with Crippen molar-refractivity contribution in [2.45, 2.75) is 12.8 Å². The Balaban J connectivity index is 2.10. The molecule has 1 amide bonds. The number of carbonyl (C=O) groups is 2. The van der Waals surface area contributed by atoms with Crippen LogP contribution < -0.4 is 5.32 Å². The minimum absolute atomic E-state index is 0.147. The molecule has 0 saturated heterocycles. The summed E-state index contributed by atoms with van der Waals surface area (Å²) < 4.78 is 5.17. The van der Waals surface area contributed by atoms with E-state index in [1.54, 1.807) is 24.3 Å². The van der Waals surface area contributed by atoms with Crippen molar-refractivity contribution in [2.75, 3.05) is 13.2 Å². The highest BCUT2D eigenvalue weighted by atomic mass is 16.5. The van der Waals surface area contributed by atoms with Gasteiger partial charge in [0.25, 0.3) is 5.91 Å². The molecule has 0 aliphatic carbocycles. The highest BCUT2D eigenvalue weighted by Crippen LogP contribution is 2.18. The van der Waals surface area contributed by atoms with E-state index in [1.165, 1.54) is 6.08 Å². The predicted octanol–water partition coefficient (Wildman–Crippen LogP) is 3.24. The van der Waals surface area contributed by atoms with E-state index in [9.17, 15) is 9.59 Å². The standard InChI is InChI=1S/C20H21NO3/c1-3-13-24-20(23)18(16-11-9-15(2)10-12-16)14-21-19(22)17-7-5-4-6-8-17/h3-12,18H,1,13-14H2,2H3,(H,21,22)/t18-/m0/s1. The summed E-state index contributed by atoms with van der Waals surface area (Å²) in [5.41, 5.74) is 2.47. The number of carbonyl (C=O) groups excluding carboxylic acids is 2. The van der Waals surface area contributed by atoms with Crippen LogP contribution in [0.3, 0.4) is 0 Å². The fraction of sp³-hybridized carbons (Fsp3) is 0.200. The number of rotatable bonds is 7. The zero-order valence-electron chi connectivity index (χ0n) is 13.7. The van der Waals surface area contributed by atoms with Crippen LogP contribution in [0.25, 0.3) is 0 Å². The van der Waals surface area contributed by atoms with E-state index >= 15 is 0 Å². The Bertz CT molecular complexity index is 693. The van der Waals surface area contributed by atoms with Crippen LogP contribution in [0.2, 0.25) is 0 Å². The Morgan fingerprint density at radius 1 is 1.12 bits per heavy atom. The maximum Gasteiger partial charge on any atom is 0.315 e. The molecule has 0 heterocycles. The number of esters is 1. The van der Waals surface area contributed by atoms with Crippen LogP contribution in [0.1, 0.15) is 27.4 Å². The minimum atomic E-state index is -0.557. The number of hydrogen-bond donors (Lipinski definition) is 1. The first-order valence-corrected chi connectivity index (χ1v) is 7.79. The van der Waals surface area contributed by atoms with Crippen molar-refractivity contribution < 1.29 is 14.3 Å². The molecule has 2 rings (SSSR count). The molecule has 0 fully saturated rings. The first-order chi connectivity index (χ1) is 11.6. The molecule has 1 atom stereocenters. The maximum atomic E-state index is 12.3. The van der Waals surface area contributed by atoms with Crippen molar-refractivity contribution in [1.82, 2.24) is 5.32 Å². The average Bonchev–Trinajstić information content (AvgIpc) is 2.62. The smallest absolute Gasteiger partial charge is 0.315 e. The topological polar surface area (TPSA) is 55.4 Å². The third-order valence-electron chi connectivity index (χ3n) is 3.61. The van der Waals surface area contributed by atoms with Crippen LogP contribution in [0.4, 0.5) is 0 Å². The fourth-order valence-corrected chi connectivity index (χ4v) is 2.26. The van der Waals surface area contributed by atoms with Crippen LogP contribution in [-0.2, 0) is 9.53 Å². The van der Waals surface area contributed by atoms with Crippen molar-refractivity contribution in [3.05, 3.63) is 83.9 Å². The molecule has 0 aliphatic rings. The SMILES string of the molecule is C=CCOC(=O)[C@@H](CNC(=O)c1ccccc1)c1ccc(C)cc1. The van der Waals surface area contributed by atoms with Crippen LogP contribution in [0.15, 0.2) is 67.3 Å². The molecule has 4 nitrogen and oxygen atoms in total. The molecule has 0 aromatic heterocycles. The summed E-state index contributed by atoms with van der Waals surface area (Å²) in [6, 6.07) is 16.5. The second kappa shape index (κ2) is 8.67. The Morgan fingerprint density at radius 3 is 2.42 bits per heavy atom. The Kier molecular flexibility index (Phi) is 6.32. The zero-order valence-corrected chi connectivity index (χ0v) is 13.7. The molecule has 0 bridgehead atoms. The van der Waals surface area contributed by atoms with Crippen molar-refractivity contribution in [3.8, 4) is 0 Å². The molecule has 2 aromatic rings. The fourth-order valence-electron chi connectivity index (χ4n) is 2.26. The number of amides is 1. The predicted molar refractivity (Wildman–Crippen MR) is 93.9 cm³/mol. The van der Waals surface area contributed by atoms with Gasteiger partial charge in [-0.15, -0.1) is 0 Å². The van der Waals surface area contributed by atoms with Crippen molar-refractivity contribution in [3.63, 3.8) is 0 Å². The molecule has 2 aromatic carbocycles. The number of benzene rings is 2. The number of nitrogens with one attached hydrogen (secondary N) is 1. The molecule has 0 radical (unpaired) electrons. The van der Waals surface area contributed by atoms with Gasteiger partial charge >= 0.3 is 5.97 Å². The largest absolute Gasteiger partial charge is 0.461 e. The minimum Gasteiger partial charge on any atom is -0.461 e. The van der Waals surface area contributed by atoms with Gasteiger partial charge in [0.15, 0.2) is 0 Å². The van der Waals surface area contributed by atoms with Gasteiger partial charge in [0.2, 0.25) is 0 Å². The second-order valence-corrected chi connectivity index (χ2v) is 5.46. The van der Waals surface area contributed by atoms with Gasteiger partial charge < -0.3 is 10.1 Å². The molecule has 0 spiro atoms. The molecule has 1 N–H and O–H groups in total. The van der Waals surface area contributed by atoms with Gasteiger partial charge in [-0.2, -0.15) is 0 Å². The lowest BCUT2D eigenvalue weighted by molar-refractivity contribution is -0.144. The van der Waals surface area contributed by atoms with Gasteiger partial charge in [0.1, 0.15) is 6.61 Å². The number of aryl methyl sites for hydroxylation is 1. The molecule has 0 unspecified atom stereocenters. The second-order valence-electron chi connectivity index (χ2n) is 5.46. The number of ether oxygens (including phenoxy) is 1. The van der Waals surface area contributed by atoms with Gasteiger partial charge in [-0.05, 0) is 24.6 Å². The lowest BCUT2D eigenvalue weighted by Crippen LogP contribution is -2.32. The van der Waals surface area contributed by atoms with Crippen LogP contribution in [0, 0.1) is 6.92 Å². The zero-order chi connectivity index (χ0) is 17.4. The average molecular weight is 323 g/mol. The first-order valence-electron chi connectivity index (χ1n) is 7.79. The lowest BCUT2D eigenvalue weighted by atomic mass is 9.98. The van der Waals surface area contributed by atoms with Crippen molar-refractivity contribution >= 4 is 11.9 Å². The van der Waals surface area contributed by atoms with Crippen molar-refractivity contribution in [2.24, 2.45) is 0 Å². The molecule has 124 valence electrons. The highest BCUT2D eigenvalue weighted by molar-refractivity contribution is 5.94. The first kappa shape index (κ1) is 17.5. The Morgan fingerprint density at radius 2 is 1.79 bits per heavy atom. The van der Waals surface area contributed by atoms with Crippen LogP contribution in [0.5, 0.6) is 0 Å². The van der Waals surface area contributed by atoms with Crippen molar-refractivity contribution in [1.29, 1.82) is 0 Å². The van der Waals surface area contributed by atoms with E-state index in [4.69, 9.17) is 4.74 Å². The third kappa shape index (κ3) is 4.81. The van der Waals surface area contributed by atoms with E-state index in [1.807, 2.05) is 37.3 Å². The summed E-state index contributed by atoms with van der Waals surface area (Å²) in [5, 5.41) is 2.80. The van der Waals surface area contributed by atoms with Gasteiger partial charge in [0.05, 0.1) is 5.92 Å². The molecular formula is C20H21NO3. The van der Waals surface area contributed by atoms with E-state index in [2.05, 4.69) is 11.9 Å². The maximum absolute atomic E-state index is 12.3. The summed E-state index contributed by atoms with van der Waals surface area (Å²) in [6.07, 6.45) is 1.52. The molecule has 24 heavy (non-hydrogen) atoms. The molecule has 0 aliphatic heterocycles. The normalized spacial score (nSPS) is 11.4. The van der Waals surface area contributed by atoms with Crippen LogP contribution >= 0.6 is 0 Å². The van der Waals surface area contributed by atoms with Gasteiger partial charge in [0, 0.05) is 12.1 Å². The van der Waals surface area contributed by atoms with Gasteiger partial charge in [-0.25, -0.2) is 0 Å². The van der Waals surface area contributed by atoms with E-state index in [0.717, 1.165) is 11.1 Å². The quantitative estimate of drug-likeness (QED) is 0.629. The summed E-state index contributed by atoms with van der Waals surface area (Å²) in [7, 11) is 0. The molecular weight excluding hydrogens is 302 g/mol.